The summed E-state index contributed by atoms with van der Waals surface area (Å²) < 4.78 is 35.1. The molecule has 5 aromatic rings. The zero-order chi connectivity index (χ0) is 33.6. The van der Waals surface area contributed by atoms with Crippen molar-refractivity contribution in [2.45, 2.75) is 26.2 Å². The normalized spacial score (nSPS) is 13.8. The number of pyridine rings is 1. The molecule has 3 heterocycles. The summed E-state index contributed by atoms with van der Waals surface area (Å²) in [5.41, 5.74) is 0.344. The molecule has 0 aliphatic carbocycles. The minimum absolute atomic E-state index is 0.0673. The zero-order valence-corrected chi connectivity index (χ0v) is 28.2. The SMILES string of the molecule is COc1cc2c(Oc3ccc(NC(=O)c4nccn(-c5ccc(Br)cc5)c4=O)cc3F)ccnc2cc1OCCCN1CCC(C)CC1. The number of carbonyl (C=O) groups is 1. The van der Waals surface area contributed by atoms with Crippen LogP contribution in [0.5, 0.6) is 23.0 Å². The largest absolute Gasteiger partial charge is 0.493 e. The highest BCUT2D eigenvalue weighted by Crippen LogP contribution is 2.38. The number of piperidine rings is 1. The van der Waals surface area contributed by atoms with Gasteiger partial charge in [-0.1, -0.05) is 22.9 Å². The number of fused-ring (bicyclic) bond motifs is 1. The first-order valence-corrected chi connectivity index (χ1v) is 16.5. The van der Waals surface area contributed by atoms with E-state index in [-0.39, 0.29) is 17.1 Å². The number of ether oxygens (including phenoxy) is 3. The van der Waals surface area contributed by atoms with Crippen molar-refractivity contribution in [1.29, 1.82) is 0 Å². The van der Waals surface area contributed by atoms with E-state index in [1.807, 2.05) is 0 Å². The van der Waals surface area contributed by atoms with Gasteiger partial charge >= 0.3 is 0 Å². The number of anilines is 1. The molecule has 248 valence electrons. The van der Waals surface area contributed by atoms with Crippen LogP contribution in [0.25, 0.3) is 16.6 Å². The average Bonchev–Trinajstić information content (AvgIpc) is 3.09. The standard InChI is InChI=1S/C36H35BrFN5O5/c1-23-11-16-42(17-12-23)15-3-19-47-33-22-29-27(21-32(33)46-2)30(10-13-39-29)48-31-9-6-25(20-28(31)38)41-35(44)34-36(45)43(18-14-40-34)26-7-4-24(37)5-8-26/h4-10,13-14,18,20-23H,3,11-12,15-17,19H2,1-2H3,(H,41,44). The second-order valence-corrected chi connectivity index (χ2v) is 12.6. The third-order valence-corrected chi connectivity index (χ3v) is 8.84. The highest BCUT2D eigenvalue weighted by Gasteiger charge is 2.18. The molecule has 1 amide bonds. The van der Waals surface area contributed by atoms with Crippen molar-refractivity contribution in [3.8, 4) is 28.7 Å². The van der Waals surface area contributed by atoms with Crippen molar-refractivity contribution in [3.63, 3.8) is 0 Å². The molecule has 6 rings (SSSR count). The predicted molar refractivity (Wildman–Crippen MR) is 185 cm³/mol. The van der Waals surface area contributed by atoms with Gasteiger partial charge in [0.25, 0.3) is 11.5 Å². The molecule has 0 bridgehead atoms. The van der Waals surface area contributed by atoms with Gasteiger partial charge in [-0.2, -0.15) is 0 Å². The Morgan fingerprint density at radius 2 is 1.77 bits per heavy atom. The number of amides is 1. The lowest BCUT2D eigenvalue weighted by Crippen LogP contribution is -2.34. The van der Waals surface area contributed by atoms with Crippen LogP contribution in [0.15, 0.2) is 88.5 Å². The number of benzene rings is 3. The maximum atomic E-state index is 15.3. The van der Waals surface area contributed by atoms with Crippen molar-refractivity contribution in [1.82, 2.24) is 19.4 Å². The van der Waals surface area contributed by atoms with Gasteiger partial charge in [0.15, 0.2) is 28.8 Å². The first-order valence-electron chi connectivity index (χ1n) is 15.7. The van der Waals surface area contributed by atoms with E-state index in [2.05, 4.69) is 43.0 Å². The van der Waals surface area contributed by atoms with Crippen LogP contribution in [0.2, 0.25) is 0 Å². The molecule has 10 nitrogen and oxygen atoms in total. The third-order valence-electron chi connectivity index (χ3n) is 8.31. The quantitative estimate of drug-likeness (QED) is 0.143. The van der Waals surface area contributed by atoms with Crippen LogP contribution >= 0.6 is 15.9 Å². The number of halogens is 2. The summed E-state index contributed by atoms with van der Waals surface area (Å²) >= 11 is 3.36. The monoisotopic (exact) mass is 715 g/mol. The van der Waals surface area contributed by atoms with E-state index in [4.69, 9.17) is 14.2 Å². The Kier molecular flexibility index (Phi) is 10.3. The van der Waals surface area contributed by atoms with Gasteiger partial charge in [0.2, 0.25) is 0 Å². The van der Waals surface area contributed by atoms with Crippen LogP contribution in [0.4, 0.5) is 10.1 Å². The molecule has 12 heteroatoms. The van der Waals surface area contributed by atoms with Crippen molar-refractivity contribution < 1.29 is 23.4 Å². The number of hydrogen-bond acceptors (Lipinski definition) is 8. The Balaban J connectivity index is 1.13. The minimum atomic E-state index is -0.772. The van der Waals surface area contributed by atoms with E-state index in [0.717, 1.165) is 42.5 Å². The average molecular weight is 717 g/mol. The summed E-state index contributed by atoms with van der Waals surface area (Å²) in [6, 6.07) is 16.2. The molecule has 0 radical (unpaired) electrons. The van der Waals surface area contributed by atoms with E-state index in [0.29, 0.717) is 40.4 Å². The van der Waals surface area contributed by atoms with Gasteiger partial charge in [0.1, 0.15) is 5.75 Å². The molecular weight excluding hydrogens is 681 g/mol. The molecule has 1 N–H and O–H groups in total. The smallest absolute Gasteiger partial charge is 0.286 e. The lowest BCUT2D eigenvalue weighted by atomic mass is 9.99. The maximum Gasteiger partial charge on any atom is 0.286 e. The van der Waals surface area contributed by atoms with Gasteiger partial charge < -0.3 is 24.4 Å². The van der Waals surface area contributed by atoms with E-state index in [9.17, 15) is 9.59 Å². The molecule has 0 unspecified atom stereocenters. The number of nitrogens with one attached hydrogen (secondary N) is 1. The number of aromatic nitrogens is 3. The topological polar surface area (TPSA) is 108 Å². The van der Waals surface area contributed by atoms with Crippen LogP contribution in [0, 0.1) is 11.7 Å². The summed E-state index contributed by atoms with van der Waals surface area (Å²) in [4.78, 5) is 36.9. The van der Waals surface area contributed by atoms with Crippen molar-refractivity contribution in [2.75, 3.05) is 38.7 Å². The molecule has 0 atom stereocenters. The van der Waals surface area contributed by atoms with Crippen molar-refractivity contribution >= 4 is 38.4 Å². The Morgan fingerprint density at radius 1 is 0.979 bits per heavy atom. The summed E-state index contributed by atoms with van der Waals surface area (Å²) in [6.45, 7) is 6.10. The van der Waals surface area contributed by atoms with E-state index >= 15 is 4.39 Å². The minimum Gasteiger partial charge on any atom is -0.493 e. The second kappa shape index (κ2) is 15.0. The number of methoxy groups -OCH3 is 1. The molecule has 1 fully saturated rings. The first-order chi connectivity index (χ1) is 23.3. The molecule has 0 spiro atoms. The highest BCUT2D eigenvalue weighted by molar-refractivity contribution is 9.10. The third kappa shape index (κ3) is 7.66. The number of hydrogen-bond donors (Lipinski definition) is 1. The fourth-order valence-corrected chi connectivity index (χ4v) is 5.85. The Morgan fingerprint density at radius 3 is 2.52 bits per heavy atom. The van der Waals surface area contributed by atoms with Gasteiger partial charge in [-0.15, -0.1) is 0 Å². The molecule has 3 aromatic carbocycles. The van der Waals surface area contributed by atoms with E-state index in [1.165, 1.54) is 41.9 Å². The molecule has 1 aliphatic rings. The maximum absolute atomic E-state index is 15.3. The number of rotatable bonds is 11. The summed E-state index contributed by atoms with van der Waals surface area (Å²) in [7, 11) is 1.56. The molecule has 1 aliphatic heterocycles. The van der Waals surface area contributed by atoms with Crippen molar-refractivity contribution in [2.24, 2.45) is 5.92 Å². The van der Waals surface area contributed by atoms with Gasteiger partial charge in [-0.3, -0.25) is 19.1 Å². The number of likely N-dealkylation sites (tertiary alicyclic amines) is 1. The van der Waals surface area contributed by atoms with Gasteiger partial charge in [0.05, 0.1) is 19.2 Å². The Hall–Kier alpha value is -4.81. The van der Waals surface area contributed by atoms with Gasteiger partial charge in [0, 0.05) is 58.5 Å². The second-order valence-electron chi connectivity index (χ2n) is 11.7. The molecule has 0 saturated carbocycles. The highest BCUT2D eigenvalue weighted by atomic mass is 79.9. The van der Waals surface area contributed by atoms with Crippen molar-refractivity contribution in [3.05, 3.63) is 106 Å². The Labute approximate surface area is 285 Å². The number of nitrogens with zero attached hydrogens (tertiary/aromatic N) is 4. The fourth-order valence-electron chi connectivity index (χ4n) is 5.59. The van der Waals surface area contributed by atoms with Gasteiger partial charge in [-0.25, -0.2) is 9.37 Å². The lowest BCUT2D eigenvalue weighted by molar-refractivity contribution is 0.102. The first kappa shape index (κ1) is 33.1. The summed E-state index contributed by atoms with van der Waals surface area (Å²) in [5, 5.41) is 3.16. The fraction of sp³-hybridized carbons (Fsp3) is 0.278. The lowest BCUT2D eigenvalue weighted by Gasteiger charge is -2.30. The molecule has 2 aromatic heterocycles. The van der Waals surface area contributed by atoms with Crippen LogP contribution in [-0.4, -0.2) is 58.7 Å². The predicted octanol–water partition coefficient (Wildman–Crippen LogP) is 7.24. The molecule has 1 saturated heterocycles. The molecule has 48 heavy (non-hydrogen) atoms. The van der Waals surface area contributed by atoms with Crippen LogP contribution in [-0.2, 0) is 0 Å². The molecular formula is C36H35BrFN5O5. The number of carbonyl (C=O) groups excluding carboxylic acids is 1. The summed E-state index contributed by atoms with van der Waals surface area (Å²) in [5.74, 6) is 0.689. The Bertz CT molecular complexity index is 1980. The van der Waals surface area contributed by atoms with E-state index < -0.39 is 17.3 Å². The van der Waals surface area contributed by atoms with Crippen LogP contribution < -0.4 is 25.1 Å². The van der Waals surface area contributed by atoms with Gasteiger partial charge in [-0.05, 0) is 86.8 Å². The van der Waals surface area contributed by atoms with Crippen LogP contribution in [0.3, 0.4) is 0 Å². The van der Waals surface area contributed by atoms with Crippen LogP contribution in [0.1, 0.15) is 36.7 Å². The van der Waals surface area contributed by atoms with E-state index in [1.54, 1.807) is 55.8 Å². The zero-order valence-electron chi connectivity index (χ0n) is 26.6. The summed E-state index contributed by atoms with van der Waals surface area (Å²) in [6.07, 6.45) is 7.78.